The Morgan fingerprint density at radius 2 is 2.08 bits per heavy atom. The first kappa shape index (κ1) is 8.21. The predicted octanol–water partition coefficient (Wildman–Crippen LogP) is -0.0546. The first-order valence-corrected chi connectivity index (χ1v) is 5.33. The maximum Gasteiger partial charge on any atom is 0.0513 e. The molecular formula is C10H17NO2. The Kier molecular flexibility index (Phi) is 1.86. The fourth-order valence-electron chi connectivity index (χ4n) is 3.03. The molecule has 2 heterocycles. The Morgan fingerprint density at radius 3 is 2.69 bits per heavy atom. The Bertz CT molecular complexity index is 199. The van der Waals surface area contributed by atoms with E-state index in [2.05, 4.69) is 4.90 Å². The SMILES string of the molecule is OCC1CCN(C2C3COCC32)C1. The highest BCUT2D eigenvalue weighted by Gasteiger charge is 2.57. The van der Waals surface area contributed by atoms with Crippen LogP contribution in [0.15, 0.2) is 0 Å². The molecule has 2 aliphatic heterocycles. The van der Waals surface area contributed by atoms with Crippen molar-refractivity contribution in [2.75, 3.05) is 32.9 Å². The molecule has 3 nitrogen and oxygen atoms in total. The lowest BCUT2D eigenvalue weighted by molar-refractivity contribution is 0.128. The molecule has 1 aliphatic carbocycles. The number of ether oxygens (including phenoxy) is 1. The largest absolute Gasteiger partial charge is 0.396 e. The Balaban J connectivity index is 1.57. The monoisotopic (exact) mass is 183 g/mol. The van der Waals surface area contributed by atoms with Gasteiger partial charge in [-0.05, 0) is 18.9 Å². The van der Waals surface area contributed by atoms with E-state index in [1.807, 2.05) is 0 Å². The lowest BCUT2D eigenvalue weighted by Gasteiger charge is -2.17. The number of fused-ring (bicyclic) bond motifs is 1. The minimum Gasteiger partial charge on any atom is -0.396 e. The van der Waals surface area contributed by atoms with E-state index < -0.39 is 0 Å². The van der Waals surface area contributed by atoms with E-state index in [-0.39, 0.29) is 0 Å². The molecule has 0 radical (unpaired) electrons. The Hall–Kier alpha value is -0.120. The van der Waals surface area contributed by atoms with Crippen LogP contribution >= 0.6 is 0 Å². The molecule has 2 saturated heterocycles. The van der Waals surface area contributed by atoms with Crippen molar-refractivity contribution in [1.82, 2.24) is 4.90 Å². The highest BCUT2D eigenvalue weighted by atomic mass is 16.5. The zero-order valence-corrected chi connectivity index (χ0v) is 7.85. The third kappa shape index (κ3) is 1.22. The summed E-state index contributed by atoms with van der Waals surface area (Å²) in [6.07, 6.45) is 1.19. The average Bonchev–Trinajstić information content (AvgIpc) is 2.65. The molecule has 3 unspecified atom stereocenters. The lowest BCUT2D eigenvalue weighted by atomic mass is 10.1. The second kappa shape index (κ2) is 2.94. The molecule has 13 heavy (non-hydrogen) atoms. The fraction of sp³-hybridized carbons (Fsp3) is 1.00. The molecular weight excluding hydrogens is 166 g/mol. The predicted molar refractivity (Wildman–Crippen MR) is 48.4 cm³/mol. The van der Waals surface area contributed by atoms with Crippen molar-refractivity contribution < 1.29 is 9.84 Å². The first-order valence-electron chi connectivity index (χ1n) is 5.33. The van der Waals surface area contributed by atoms with Crippen LogP contribution in [0.3, 0.4) is 0 Å². The quantitative estimate of drug-likeness (QED) is 0.651. The second-order valence-electron chi connectivity index (χ2n) is 4.69. The summed E-state index contributed by atoms with van der Waals surface area (Å²) in [7, 11) is 0. The first-order chi connectivity index (χ1) is 6.40. The van der Waals surface area contributed by atoms with E-state index in [0.717, 1.165) is 37.6 Å². The van der Waals surface area contributed by atoms with Crippen molar-refractivity contribution in [2.45, 2.75) is 12.5 Å². The van der Waals surface area contributed by atoms with Crippen molar-refractivity contribution in [3.8, 4) is 0 Å². The second-order valence-corrected chi connectivity index (χ2v) is 4.69. The van der Waals surface area contributed by atoms with Crippen LogP contribution in [0.25, 0.3) is 0 Å². The van der Waals surface area contributed by atoms with E-state index in [1.54, 1.807) is 0 Å². The maximum absolute atomic E-state index is 9.04. The number of aliphatic hydroxyl groups excluding tert-OH is 1. The summed E-state index contributed by atoms with van der Waals surface area (Å²) in [6, 6.07) is 0.810. The van der Waals surface area contributed by atoms with E-state index in [0.29, 0.717) is 12.5 Å². The van der Waals surface area contributed by atoms with Crippen molar-refractivity contribution in [1.29, 1.82) is 0 Å². The lowest BCUT2D eigenvalue weighted by Crippen LogP contribution is -2.28. The normalized spacial score (nSPS) is 49.6. The molecule has 3 aliphatic rings. The summed E-state index contributed by atoms with van der Waals surface area (Å²) in [5.41, 5.74) is 0. The third-order valence-electron chi connectivity index (χ3n) is 3.90. The molecule has 0 bridgehead atoms. The van der Waals surface area contributed by atoms with Gasteiger partial charge in [-0.2, -0.15) is 0 Å². The summed E-state index contributed by atoms with van der Waals surface area (Å²) < 4.78 is 5.37. The Morgan fingerprint density at radius 1 is 1.31 bits per heavy atom. The minimum atomic E-state index is 0.370. The molecule has 0 aromatic carbocycles. The van der Waals surface area contributed by atoms with Crippen LogP contribution in [-0.4, -0.2) is 49.0 Å². The fourth-order valence-corrected chi connectivity index (χ4v) is 3.03. The smallest absolute Gasteiger partial charge is 0.0513 e. The molecule has 1 saturated carbocycles. The molecule has 0 spiro atoms. The van der Waals surface area contributed by atoms with Gasteiger partial charge in [0.05, 0.1) is 13.2 Å². The van der Waals surface area contributed by atoms with Gasteiger partial charge in [0, 0.05) is 31.0 Å². The van der Waals surface area contributed by atoms with Gasteiger partial charge >= 0.3 is 0 Å². The highest BCUT2D eigenvalue weighted by molar-refractivity contribution is 5.08. The van der Waals surface area contributed by atoms with E-state index >= 15 is 0 Å². The average molecular weight is 183 g/mol. The number of likely N-dealkylation sites (tertiary alicyclic amines) is 1. The van der Waals surface area contributed by atoms with Crippen molar-refractivity contribution >= 4 is 0 Å². The van der Waals surface area contributed by atoms with Crippen LogP contribution < -0.4 is 0 Å². The van der Waals surface area contributed by atoms with Gasteiger partial charge < -0.3 is 9.84 Å². The van der Waals surface area contributed by atoms with Gasteiger partial charge in [0.25, 0.3) is 0 Å². The molecule has 0 amide bonds. The number of rotatable bonds is 2. The molecule has 3 fully saturated rings. The van der Waals surface area contributed by atoms with Gasteiger partial charge in [0.2, 0.25) is 0 Å². The summed E-state index contributed by atoms with van der Waals surface area (Å²) in [5.74, 6) is 2.21. The molecule has 0 aromatic heterocycles. The van der Waals surface area contributed by atoms with Gasteiger partial charge in [-0.25, -0.2) is 0 Å². The summed E-state index contributed by atoms with van der Waals surface area (Å²) in [4.78, 5) is 2.57. The summed E-state index contributed by atoms with van der Waals surface area (Å²) >= 11 is 0. The van der Waals surface area contributed by atoms with Crippen LogP contribution in [0.1, 0.15) is 6.42 Å². The number of aliphatic hydroxyl groups is 1. The Labute approximate surface area is 78.7 Å². The summed E-state index contributed by atoms with van der Waals surface area (Å²) in [6.45, 7) is 4.65. The highest BCUT2D eigenvalue weighted by Crippen LogP contribution is 2.48. The van der Waals surface area contributed by atoms with E-state index in [1.165, 1.54) is 13.0 Å². The van der Waals surface area contributed by atoms with Crippen molar-refractivity contribution in [2.24, 2.45) is 17.8 Å². The molecule has 3 heteroatoms. The number of nitrogens with zero attached hydrogens (tertiary/aromatic N) is 1. The number of hydrogen-bond acceptors (Lipinski definition) is 3. The summed E-state index contributed by atoms with van der Waals surface area (Å²) in [5, 5.41) is 9.04. The van der Waals surface area contributed by atoms with Gasteiger partial charge in [-0.1, -0.05) is 0 Å². The zero-order chi connectivity index (χ0) is 8.84. The van der Waals surface area contributed by atoms with Gasteiger partial charge in [-0.15, -0.1) is 0 Å². The van der Waals surface area contributed by atoms with Crippen LogP contribution in [0, 0.1) is 17.8 Å². The van der Waals surface area contributed by atoms with Crippen LogP contribution in [0.4, 0.5) is 0 Å². The van der Waals surface area contributed by atoms with Gasteiger partial charge in [0.1, 0.15) is 0 Å². The van der Waals surface area contributed by atoms with Crippen molar-refractivity contribution in [3.63, 3.8) is 0 Å². The van der Waals surface area contributed by atoms with E-state index in [9.17, 15) is 0 Å². The topological polar surface area (TPSA) is 32.7 Å². The third-order valence-corrected chi connectivity index (χ3v) is 3.90. The van der Waals surface area contributed by atoms with Gasteiger partial charge in [-0.3, -0.25) is 4.90 Å². The molecule has 3 atom stereocenters. The van der Waals surface area contributed by atoms with Crippen LogP contribution in [0.2, 0.25) is 0 Å². The minimum absolute atomic E-state index is 0.370. The standard InChI is InChI=1S/C10H17NO2/c12-4-7-1-2-11(3-7)10-8-5-13-6-9(8)10/h7-10,12H,1-6H2. The maximum atomic E-state index is 9.04. The van der Waals surface area contributed by atoms with Gasteiger partial charge in [0.15, 0.2) is 0 Å². The van der Waals surface area contributed by atoms with E-state index in [4.69, 9.17) is 9.84 Å². The molecule has 0 aromatic rings. The molecule has 3 rings (SSSR count). The molecule has 74 valence electrons. The number of hydrogen-bond donors (Lipinski definition) is 1. The van der Waals surface area contributed by atoms with Crippen molar-refractivity contribution in [3.05, 3.63) is 0 Å². The van der Waals surface area contributed by atoms with Crippen LogP contribution in [-0.2, 0) is 4.74 Å². The van der Waals surface area contributed by atoms with Crippen LogP contribution in [0.5, 0.6) is 0 Å². The zero-order valence-electron chi connectivity index (χ0n) is 7.85. The molecule has 1 N–H and O–H groups in total.